The first-order valence-corrected chi connectivity index (χ1v) is 8.15. The van der Waals surface area contributed by atoms with Crippen molar-refractivity contribution < 1.29 is 18.8 Å². The van der Waals surface area contributed by atoms with E-state index in [0.29, 0.717) is 12.8 Å². The van der Waals surface area contributed by atoms with Crippen LogP contribution in [0.2, 0.25) is 0 Å². The van der Waals surface area contributed by atoms with E-state index in [4.69, 9.17) is 0 Å². The van der Waals surface area contributed by atoms with Crippen molar-refractivity contribution in [1.82, 2.24) is 15.5 Å². The Hall–Kier alpha value is -2.44. The SMILES string of the molecule is O=C(CN1C(=O)NC2(CCCCC2)C1=O)NCc1ccc(F)cc1. The molecule has 3 rings (SSSR count). The van der Waals surface area contributed by atoms with E-state index < -0.39 is 17.5 Å². The molecule has 2 aliphatic rings. The molecule has 1 aliphatic heterocycles. The topological polar surface area (TPSA) is 78.5 Å². The number of nitrogens with zero attached hydrogens (tertiary/aromatic N) is 1. The predicted molar refractivity (Wildman–Crippen MR) is 84.3 cm³/mol. The molecule has 1 spiro atoms. The maximum Gasteiger partial charge on any atom is 0.325 e. The van der Waals surface area contributed by atoms with Crippen molar-refractivity contribution in [2.45, 2.75) is 44.2 Å². The molecule has 1 aromatic rings. The molecule has 0 radical (unpaired) electrons. The zero-order valence-electron chi connectivity index (χ0n) is 13.3. The number of nitrogens with one attached hydrogen (secondary N) is 2. The number of hydrogen-bond donors (Lipinski definition) is 2. The van der Waals surface area contributed by atoms with Crippen LogP contribution in [-0.4, -0.2) is 34.8 Å². The normalized spacial score (nSPS) is 19.5. The lowest BCUT2D eigenvalue weighted by Gasteiger charge is -2.30. The second-order valence-electron chi connectivity index (χ2n) is 6.37. The van der Waals surface area contributed by atoms with Gasteiger partial charge in [-0.25, -0.2) is 9.18 Å². The minimum Gasteiger partial charge on any atom is -0.350 e. The summed E-state index contributed by atoms with van der Waals surface area (Å²) >= 11 is 0. The zero-order chi connectivity index (χ0) is 17.2. The van der Waals surface area contributed by atoms with E-state index in [1.54, 1.807) is 12.1 Å². The second-order valence-corrected chi connectivity index (χ2v) is 6.37. The summed E-state index contributed by atoms with van der Waals surface area (Å²) in [4.78, 5) is 37.7. The largest absolute Gasteiger partial charge is 0.350 e. The fourth-order valence-corrected chi connectivity index (χ4v) is 3.32. The minimum atomic E-state index is -0.813. The average molecular weight is 333 g/mol. The summed E-state index contributed by atoms with van der Waals surface area (Å²) in [5.74, 6) is -1.07. The third-order valence-corrected chi connectivity index (χ3v) is 4.66. The number of amides is 4. The molecule has 1 aromatic carbocycles. The fourth-order valence-electron chi connectivity index (χ4n) is 3.32. The molecular weight excluding hydrogens is 313 g/mol. The van der Waals surface area contributed by atoms with Crippen LogP contribution in [0.4, 0.5) is 9.18 Å². The van der Waals surface area contributed by atoms with Gasteiger partial charge in [0.05, 0.1) is 0 Å². The third kappa shape index (κ3) is 3.25. The number of imide groups is 1. The lowest BCUT2D eigenvalue weighted by atomic mass is 9.82. The first-order valence-electron chi connectivity index (χ1n) is 8.15. The standard InChI is InChI=1S/C17H20FN3O3/c18-13-6-4-12(5-7-13)10-19-14(22)11-21-15(23)17(20-16(21)24)8-2-1-3-9-17/h4-7H,1-3,8-11H2,(H,19,22)(H,20,24). The Morgan fingerprint density at radius 1 is 1.17 bits per heavy atom. The highest BCUT2D eigenvalue weighted by Crippen LogP contribution is 2.33. The molecule has 0 aromatic heterocycles. The van der Waals surface area contributed by atoms with Crippen molar-refractivity contribution in [3.63, 3.8) is 0 Å². The molecule has 1 saturated carbocycles. The van der Waals surface area contributed by atoms with Gasteiger partial charge in [0.15, 0.2) is 0 Å². The Morgan fingerprint density at radius 2 is 1.83 bits per heavy atom. The van der Waals surface area contributed by atoms with Crippen LogP contribution < -0.4 is 10.6 Å². The number of carbonyl (C=O) groups excluding carboxylic acids is 3. The monoisotopic (exact) mass is 333 g/mol. The van der Waals surface area contributed by atoms with Crippen LogP contribution in [0, 0.1) is 5.82 Å². The molecule has 2 N–H and O–H groups in total. The molecule has 2 fully saturated rings. The molecule has 0 bridgehead atoms. The van der Waals surface area contributed by atoms with Crippen molar-refractivity contribution in [2.24, 2.45) is 0 Å². The minimum absolute atomic E-state index is 0.216. The molecule has 1 saturated heterocycles. The van der Waals surface area contributed by atoms with E-state index in [-0.39, 0.29) is 24.8 Å². The summed E-state index contributed by atoms with van der Waals surface area (Å²) in [6, 6.07) is 5.26. The van der Waals surface area contributed by atoms with Gasteiger partial charge in [0.1, 0.15) is 17.9 Å². The van der Waals surface area contributed by atoms with Gasteiger partial charge in [-0.05, 0) is 30.5 Å². The highest BCUT2D eigenvalue weighted by molar-refractivity contribution is 6.09. The molecule has 4 amide bonds. The molecule has 1 aliphatic carbocycles. The Bertz CT molecular complexity index is 654. The molecule has 7 heteroatoms. The van der Waals surface area contributed by atoms with Gasteiger partial charge in [0.2, 0.25) is 5.91 Å². The number of halogens is 1. The van der Waals surface area contributed by atoms with Crippen molar-refractivity contribution in [2.75, 3.05) is 6.54 Å². The summed E-state index contributed by atoms with van der Waals surface area (Å²) in [5.41, 5.74) is -0.0715. The van der Waals surface area contributed by atoms with E-state index in [0.717, 1.165) is 29.7 Å². The molecule has 0 atom stereocenters. The van der Waals surface area contributed by atoms with Crippen LogP contribution in [0.15, 0.2) is 24.3 Å². The summed E-state index contributed by atoms with van der Waals surface area (Å²) in [6.45, 7) is -0.0818. The van der Waals surface area contributed by atoms with E-state index in [9.17, 15) is 18.8 Å². The summed E-state index contributed by atoms with van der Waals surface area (Å²) in [7, 11) is 0. The maximum atomic E-state index is 12.8. The Balaban J connectivity index is 1.56. The molecule has 6 nitrogen and oxygen atoms in total. The van der Waals surface area contributed by atoms with Crippen LogP contribution in [-0.2, 0) is 16.1 Å². The summed E-state index contributed by atoms with van der Waals surface area (Å²) < 4.78 is 12.8. The zero-order valence-corrected chi connectivity index (χ0v) is 13.3. The van der Waals surface area contributed by atoms with Gasteiger partial charge >= 0.3 is 6.03 Å². The Kier molecular flexibility index (Phi) is 4.51. The number of benzene rings is 1. The van der Waals surface area contributed by atoms with Gasteiger partial charge < -0.3 is 10.6 Å². The summed E-state index contributed by atoms with van der Waals surface area (Å²) in [6.07, 6.45) is 4.12. The Labute approximate surface area is 139 Å². The van der Waals surface area contributed by atoms with E-state index in [1.807, 2.05) is 0 Å². The molecule has 1 heterocycles. The lowest BCUT2D eigenvalue weighted by molar-refractivity contribution is -0.135. The van der Waals surface area contributed by atoms with Gasteiger partial charge in [0.25, 0.3) is 5.91 Å². The van der Waals surface area contributed by atoms with Gasteiger partial charge in [-0.15, -0.1) is 0 Å². The smallest absolute Gasteiger partial charge is 0.325 e. The van der Waals surface area contributed by atoms with Crippen molar-refractivity contribution in [3.8, 4) is 0 Å². The first-order chi connectivity index (χ1) is 11.5. The number of hydrogen-bond acceptors (Lipinski definition) is 3. The lowest BCUT2D eigenvalue weighted by Crippen LogP contribution is -2.49. The summed E-state index contributed by atoms with van der Waals surface area (Å²) in [5, 5.41) is 5.41. The van der Waals surface area contributed by atoms with Crippen LogP contribution in [0.5, 0.6) is 0 Å². The first kappa shape index (κ1) is 16.4. The van der Waals surface area contributed by atoms with Gasteiger partial charge in [-0.3, -0.25) is 14.5 Å². The second kappa shape index (κ2) is 6.59. The van der Waals surface area contributed by atoms with Gasteiger partial charge in [-0.1, -0.05) is 31.4 Å². The van der Waals surface area contributed by atoms with Gasteiger partial charge in [-0.2, -0.15) is 0 Å². The predicted octanol–water partition coefficient (Wildman–Crippen LogP) is 1.70. The van der Waals surface area contributed by atoms with Crippen LogP contribution in [0.3, 0.4) is 0 Å². The molecule has 24 heavy (non-hydrogen) atoms. The molecule has 128 valence electrons. The fraction of sp³-hybridized carbons (Fsp3) is 0.471. The molecular formula is C17H20FN3O3. The van der Waals surface area contributed by atoms with E-state index in [1.165, 1.54) is 12.1 Å². The Morgan fingerprint density at radius 3 is 2.50 bits per heavy atom. The number of carbonyl (C=O) groups is 3. The average Bonchev–Trinajstić information content (AvgIpc) is 2.79. The molecule has 0 unspecified atom stereocenters. The van der Waals surface area contributed by atoms with Crippen LogP contribution >= 0.6 is 0 Å². The van der Waals surface area contributed by atoms with E-state index >= 15 is 0 Å². The third-order valence-electron chi connectivity index (χ3n) is 4.66. The highest BCUT2D eigenvalue weighted by atomic mass is 19.1. The van der Waals surface area contributed by atoms with Crippen molar-refractivity contribution in [1.29, 1.82) is 0 Å². The maximum absolute atomic E-state index is 12.8. The van der Waals surface area contributed by atoms with Gasteiger partial charge in [0, 0.05) is 6.54 Å². The highest BCUT2D eigenvalue weighted by Gasteiger charge is 2.51. The quantitative estimate of drug-likeness (QED) is 0.823. The van der Waals surface area contributed by atoms with Crippen molar-refractivity contribution in [3.05, 3.63) is 35.6 Å². The van der Waals surface area contributed by atoms with E-state index in [2.05, 4.69) is 10.6 Å². The van der Waals surface area contributed by atoms with Crippen LogP contribution in [0.25, 0.3) is 0 Å². The van der Waals surface area contributed by atoms with Crippen molar-refractivity contribution >= 4 is 17.8 Å². The number of urea groups is 1. The number of rotatable bonds is 4. The van der Waals surface area contributed by atoms with Crippen LogP contribution in [0.1, 0.15) is 37.7 Å².